The van der Waals surface area contributed by atoms with Gasteiger partial charge in [-0.3, -0.25) is 4.79 Å². The summed E-state index contributed by atoms with van der Waals surface area (Å²) >= 11 is 0. The van der Waals surface area contributed by atoms with Crippen LogP contribution in [0.5, 0.6) is 0 Å². The second-order valence-corrected chi connectivity index (χ2v) is 5.05. The molecule has 3 nitrogen and oxygen atoms in total. The molecular formula is C15H17FN2O. The summed E-state index contributed by atoms with van der Waals surface area (Å²) < 4.78 is 14.4. The van der Waals surface area contributed by atoms with Crippen LogP contribution in [0, 0.1) is 17.1 Å². The predicted molar refractivity (Wildman–Crippen MR) is 70.1 cm³/mol. The van der Waals surface area contributed by atoms with Gasteiger partial charge < -0.3 is 5.73 Å². The second-order valence-electron chi connectivity index (χ2n) is 5.05. The van der Waals surface area contributed by atoms with Crippen molar-refractivity contribution in [2.24, 2.45) is 5.73 Å². The van der Waals surface area contributed by atoms with Crippen LogP contribution in [0.2, 0.25) is 0 Å². The highest BCUT2D eigenvalue weighted by atomic mass is 19.1. The van der Waals surface area contributed by atoms with Crippen molar-refractivity contribution in [3.8, 4) is 6.07 Å². The quantitative estimate of drug-likeness (QED) is 0.829. The SMILES string of the molecule is N#Cc1ccc(C(N)=O)c(F)c1C1CCCCCC1. The zero-order valence-corrected chi connectivity index (χ0v) is 10.8. The lowest BCUT2D eigenvalue weighted by molar-refractivity contribution is 0.0996. The van der Waals surface area contributed by atoms with Gasteiger partial charge in [0.1, 0.15) is 5.82 Å². The molecule has 0 atom stereocenters. The number of nitrogens with zero attached hydrogens (tertiary/aromatic N) is 1. The van der Waals surface area contributed by atoms with E-state index < -0.39 is 11.7 Å². The standard InChI is InChI=1S/C15H17FN2O/c16-14-12(15(18)19)8-7-11(9-17)13(14)10-5-3-1-2-4-6-10/h7-8,10H,1-6H2,(H2,18,19). The maximum absolute atomic E-state index is 14.4. The van der Waals surface area contributed by atoms with Crippen LogP contribution in [0.1, 0.15) is 65.9 Å². The molecule has 1 amide bonds. The molecule has 0 aromatic heterocycles. The van der Waals surface area contributed by atoms with Gasteiger partial charge in [0.15, 0.2) is 0 Å². The Morgan fingerprint density at radius 3 is 2.42 bits per heavy atom. The fourth-order valence-corrected chi connectivity index (χ4v) is 2.85. The molecule has 0 heterocycles. The van der Waals surface area contributed by atoms with E-state index in [2.05, 4.69) is 0 Å². The number of nitrogens with two attached hydrogens (primary N) is 1. The van der Waals surface area contributed by atoms with Crippen LogP contribution in [-0.4, -0.2) is 5.91 Å². The third kappa shape index (κ3) is 2.76. The molecule has 1 aliphatic carbocycles. The third-order valence-corrected chi connectivity index (χ3v) is 3.83. The monoisotopic (exact) mass is 260 g/mol. The zero-order chi connectivity index (χ0) is 13.8. The van der Waals surface area contributed by atoms with Crippen LogP contribution in [0.4, 0.5) is 4.39 Å². The van der Waals surface area contributed by atoms with Gasteiger partial charge in [0.25, 0.3) is 5.91 Å². The maximum Gasteiger partial charge on any atom is 0.251 e. The molecule has 1 aliphatic rings. The highest BCUT2D eigenvalue weighted by molar-refractivity contribution is 5.93. The van der Waals surface area contributed by atoms with Crippen molar-refractivity contribution in [3.63, 3.8) is 0 Å². The van der Waals surface area contributed by atoms with Crippen molar-refractivity contribution in [3.05, 3.63) is 34.6 Å². The molecule has 0 aliphatic heterocycles. The summed E-state index contributed by atoms with van der Waals surface area (Å²) in [5.41, 5.74) is 5.78. The topological polar surface area (TPSA) is 66.9 Å². The number of halogens is 1. The zero-order valence-electron chi connectivity index (χ0n) is 10.8. The lowest BCUT2D eigenvalue weighted by Gasteiger charge is -2.18. The molecule has 0 radical (unpaired) electrons. The van der Waals surface area contributed by atoms with E-state index in [-0.39, 0.29) is 11.5 Å². The Balaban J connectivity index is 2.49. The minimum Gasteiger partial charge on any atom is -0.366 e. The van der Waals surface area contributed by atoms with Gasteiger partial charge >= 0.3 is 0 Å². The first-order valence-corrected chi connectivity index (χ1v) is 6.67. The van der Waals surface area contributed by atoms with Gasteiger partial charge in [0.05, 0.1) is 17.2 Å². The summed E-state index contributed by atoms with van der Waals surface area (Å²) in [5, 5.41) is 9.14. The number of carbonyl (C=O) groups excluding carboxylic acids is 1. The number of carbonyl (C=O) groups is 1. The summed E-state index contributed by atoms with van der Waals surface area (Å²) in [6.07, 6.45) is 6.11. The molecule has 19 heavy (non-hydrogen) atoms. The lowest BCUT2D eigenvalue weighted by atomic mass is 9.87. The molecule has 0 saturated heterocycles. The van der Waals surface area contributed by atoms with Crippen LogP contribution in [0.3, 0.4) is 0 Å². The number of rotatable bonds is 2. The van der Waals surface area contributed by atoms with E-state index in [1.165, 1.54) is 12.1 Å². The molecule has 0 unspecified atom stereocenters. The first-order valence-electron chi connectivity index (χ1n) is 6.67. The summed E-state index contributed by atoms with van der Waals surface area (Å²) in [6.45, 7) is 0. The molecule has 1 saturated carbocycles. The van der Waals surface area contributed by atoms with Gasteiger partial charge in [-0.15, -0.1) is 0 Å². The third-order valence-electron chi connectivity index (χ3n) is 3.83. The van der Waals surface area contributed by atoms with Crippen molar-refractivity contribution in [2.75, 3.05) is 0 Å². The minimum atomic E-state index is -0.781. The van der Waals surface area contributed by atoms with Gasteiger partial charge in [0, 0.05) is 5.56 Å². The van der Waals surface area contributed by atoms with Crippen LogP contribution < -0.4 is 5.73 Å². The van der Waals surface area contributed by atoms with Crippen LogP contribution >= 0.6 is 0 Å². The number of hydrogen-bond donors (Lipinski definition) is 1. The Hall–Kier alpha value is -1.89. The fourth-order valence-electron chi connectivity index (χ4n) is 2.85. The van der Waals surface area contributed by atoms with Gasteiger partial charge in [-0.2, -0.15) is 5.26 Å². The molecule has 2 N–H and O–H groups in total. The van der Waals surface area contributed by atoms with Crippen LogP contribution in [0.15, 0.2) is 12.1 Å². The maximum atomic E-state index is 14.4. The van der Waals surface area contributed by atoms with Gasteiger partial charge in [-0.25, -0.2) is 4.39 Å². The summed E-state index contributed by atoms with van der Waals surface area (Å²) in [5.74, 6) is -1.35. The molecule has 1 aromatic rings. The van der Waals surface area contributed by atoms with Crippen LogP contribution in [-0.2, 0) is 0 Å². The van der Waals surface area contributed by atoms with Crippen LogP contribution in [0.25, 0.3) is 0 Å². The number of primary amides is 1. The number of benzene rings is 1. The minimum absolute atomic E-state index is 0.0245. The average molecular weight is 260 g/mol. The van der Waals surface area contributed by atoms with Gasteiger partial charge in [-0.1, -0.05) is 25.7 Å². The summed E-state index contributed by atoms with van der Waals surface area (Å²) in [4.78, 5) is 11.2. The normalized spacial score (nSPS) is 16.6. The molecule has 4 heteroatoms. The molecule has 100 valence electrons. The van der Waals surface area contributed by atoms with E-state index in [0.717, 1.165) is 38.5 Å². The van der Waals surface area contributed by atoms with Gasteiger partial charge in [-0.05, 0) is 30.9 Å². The predicted octanol–water partition coefficient (Wildman–Crippen LogP) is 3.23. The Bertz CT molecular complexity index is 526. The molecule has 0 bridgehead atoms. The Labute approximate surface area is 112 Å². The Morgan fingerprint density at radius 2 is 1.89 bits per heavy atom. The Morgan fingerprint density at radius 1 is 1.26 bits per heavy atom. The number of amides is 1. The van der Waals surface area contributed by atoms with Crippen molar-refractivity contribution in [2.45, 2.75) is 44.4 Å². The van der Waals surface area contributed by atoms with E-state index in [1.54, 1.807) is 0 Å². The lowest BCUT2D eigenvalue weighted by Crippen LogP contribution is -2.16. The smallest absolute Gasteiger partial charge is 0.251 e. The fraction of sp³-hybridized carbons (Fsp3) is 0.467. The highest BCUT2D eigenvalue weighted by Crippen LogP contribution is 2.35. The average Bonchev–Trinajstić information content (AvgIpc) is 2.66. The molecule has 1 aromatic carbocycles. The van der Waals surface area contributed by atoms with E-state index in [1.807, 2.05) is 6.07 Å². The summed E-state index contributed by atoms with van der Waals surface area (Å²) in [6, 6.07) is 4.83. The van der Waals surface area contributed by atoms with E-state index in [0.29, 0.717) is 11.1 Å². The number of hydrogen-bond acceptors (Lipinski definition) is 2. The molecule has 0 spiro atoms. The molecule has 1 fully saturated rings. The first kappa shape index (κ1) is 13.5. The van der Waals surface area contributed by atoms with Crippen molar-refractivity contribution < 1.29 is 9.18 Å². The largest absolute Gasteiger partial charge is 0.366 e. The van der Waals surface area contributed by atoms with Crippen molar-refractivity contribution >= 4 is 5.91 Å². The first-order chi connectivity index (χ1) is 9.15. The van der Waals surface area contributed by atoms with Crippen molar-refractivity contribution in [1.29, 1.82) is 5.26 Å². The second kappa shape index (κ2) is 5.83. The number of nitriles is 1. The molecular weight excluding hydrogens is 243 g/mol. The van der Waals surface area contributed by atoms with E-state index >= 15 is 0 Å². The Kier molecular flexibility index (Phi) is 4.16. The van der Waals surface area contributed by atoms with E-state index in [4.69, 9.17) is 11.0 Å². The highest BCUT2D eigenvalue weighted by Gasteiger charge is 2.24. The summed E-state index contributed by atoms with van der Waals surface area (Å²) in [7, 11) is 0. The van der Waals surface area contributed by atoms with E-state index in [9.17, 15) is 9.18 Å². The van der Waals surface area contributed by atoms with Gasteiger partial charge in [0.2, 0.25) is 0 Å². The van der Waals surface area contributed by atoms with Crippen molar-refractivity contribution in [1.82, 2.24) is 0 Å². The molecule has 2 rings (SSSR count).